The lowest BCUT2D eigenvalue weighted by Crippen LogP contribution is -2.45. The molecule has 4 rings (SSSR count). The van der Waals surface area contributed by atoms with E-state index in [4.69, 9.17) is 0 Å². The Hall–Kier alpha value is -0.530. The average Bonchev–Trinajstić information content (AvgIpc) is 3.15. The molecule has 0 spiro atoms. The second-order valence-electron chi connectivity index (χ2n) is 6.76. The molecule has 0 saturated heterocycles. The molecular weight excluding hydrogens is 198 g/mol. The highest BCUT2D eigenvalue weighted by Gasteiger charge is 2.53. The van der Waals surface area contributed by atoms with E-state index in [1.165, 1.54) is 51.4 Å². The molecule has 4 aliphatic rings. The quantitative estimate of drug-likeness (QED) is 0.776. The minimum Gasteiger partial charge on any atom is -0.350 e. The molecule has 2 nitrogen and oxygen atoms in total. The van der Waals surface area contributed by atoms with Crippen molar-refractivity contribution in [3.05, 3.63) is 0 Å². The smallest absolute Gasteiger partial charge is 0.223 e. The van der Waals surface area contributed by atoms with E-state index >= 15 is 0 Å². The van der Waals surface area contributed by atoms with Crippen LogP contribution in [0.3, 0.4) is 0 Å². The molecule has 0 aromatic rings. The second-order valence-corrected chi connectivity index (χ2v) is 6.76. The third-order valence-electron chi connectivity index (χ3n) is 5.53. The standard InChI is InChI=1S/C14H21NO/c16-13(12-7-11(12)10-1-2-10)15-14-5-3-9(8-14)4-6-14/h9-12H,1-8H2,(H,15,16)/t9?,11-,12+,14?/m1/s1. The molecule has 4 fully saturated rings. The second kappa shape index (κ2) is 3.02. The Morgan fingerprint density at radius 3 is 2.44 bits per heavy atom. The van der Waals surface area contributed by atoms with Crippen molar-refractivity contribution in [3.8, 4) is 0 Å². The first-order valence-electron chi connectivity index (χ1n) is 7.08. The number of rotatable bonds is 3. The summed E-state index contributed by atoms with van der Waals surface area (Å²) in [5, 5.41) is 3.42. The molecule has 0 radical (unpaired) electrons. The summed E-state index contributed by atoms with van der Waals surface area (Å²) in [7, 11) is 0. The molecule has 2 atom stereocenters. The summed E-state index contributed by atoms with van der Waals surface area (Å²) in [5.74, 6) is 3.43. The van der Waals surface area contributed by atoms with Crippen molar-refractivity contribution in [1.82, 2.24) is 5.32 Å². The van der Waals surface area contributed by atoms with Gasteiger partial charge >= 0.3 is 0 Å². The maximum atomic E-state index is 12.2. The molecule has 88 valence electrons. The topological polar surface area (TPSA) is 29.1 Å². The van der Waals surface area contributed by atoms with Gasteiger partial charge in [-0.3, -0.25) is 4.79 Å². The molecule has 0 unspecified atom stereocenters. The van der Waals surface area contributed by atoms with Crippen LogP contribution in [0.2, 0.25) is 0 Å². The van der Waals surface area contributed by atoms with Crippen LogP contribution < -0.4 is 5.32 Å². The summed E-state index contributed by atoms with van der Waals surface area (Å²) < 4.78 is 0. The van der Waals surface area contributed by atoms with Crippen molar-refractivity contribution < 1.29 is 4.79 Å². The largest absolute Gasteiger partial charge is 0.350 e. The van der Waals surface area contributed by atoms with E-state index in [1.54, 1.807) is 0 Å². The van der Waals surface area contributed by atoms with E-state index in [9.17, 15) is 4.79 Å². The zero-order valence-electron chi connectivity index (χ0n) is 9.87. The minimum atomic E-state index is 0.248. The Morgan fingerprint density at radius 1 is 1.12 bits per heavy atom. The van der Waals surface area contributed by atoms with Gasteiger partial charge in [-0.1, -0.05) is 0 Å². The Kier molecular flexibility index (Phi) is 1.79. The van der Waals surface area contributed by atoms with Gasteiger partial charge in [-0.15, -0.1) is 0 Å². The summed E-state index contributed by atoms with van der Waals surface area (Å²) in [6.07, 6.45) is 10.5. The average molecular weight is 219 g/mol. The summed E-state index contributed by atoms with van der Waals surface area (Å²) in [4.78, 5) is 12.2. The maximum absolute atomic E-state index is 12.2. The monoisotopic (exact) mass is 219 g/mol. The van der Waals surface area contributed by atoms with E-state index in [-0.39, 0.29) is 5.54 Å². The lowest BCUT2D eigenvalue weighted by Gasteiger charge is -2.28. The van der Waals surface area contributed by atoms with Crippen LogP contribution in [0.15, 0.2) is 0 Å². The van der Waals surface area contributed by atoms with Crippen LogP contribution >= 0.6 is 0 Å². The minimum absolute atomic E-state index is 0.248. The fourth-order valence-electron chi connectivity index (χ4n) is 4.28. The Morgan fingerprint density at radius 2 is 1.88 bits per heavy atom. The van der Waals surface area contributed by atoms with Crippen LogP contribution in [0.25, 0.3) is 0 Å². The molecule has 0 aromatic heterocycles. The molecule has 16 heavy (non-hydrogen) atoms. The third kappa shape index (κ3) is 1.42. The number of nitrogens with one attached hydrogen (secondary N) is 1. The third-order valence-corrected chi connectivity index (χ3v) is 5.53. The Labute approximate surface area is 97.2 Å². The van der Waals surface area contributed by atoms with Gasteiger partial charge in [0, 0.05) is 11.5 Å². The Balaban J connectivity index is 1.38. The lowest BCUT2D eigenvalue weighted by atomic mass is 9.93. The number of hydrogen-bond donors (Lipinski definition) is 1. The van der Waals surface area contributed by atoms with Crippen molar-refractivity contribution >= 4 is 5.91 Å². The normalized spacial score (nSPS) is 49.4. The molecule has 0 aliphatic heterocycles. The number of hydrogen-bond acceptors (Lipinski definition) is 1. The first-order valence-corrected chi connectivity index (χ1v) is 7.08. The van der Waals surface area contributed by atoms with Gasteiger partial charge in [-0.05, 0) is 69.1 Å². The molecule has 2 bridgehead atoms. The molecular formula is C14H21NO. The summed E-state index contributed by atoms with van der Waals surface area (Å²) in [5.41, 5.74) is 0.248. The molecule has 0 aromatic carbocycles. The van der Waals surface area contributed by atoms with Gasteiger partial charge < -0.3 is 5.32 Å². The zero-order valence-corrected chi connectivity index (χ0v) is 9.87. The number of carbonyl (C=O) groups excluding carboxylic acids is 1. The zero-order chi connectivity index (χ0) is 10.8. The van der Waals surface area contributed by atoms with Crippen molar-refractivity contribution in [2.24, 2.45) is 23.7 Å². The molecule has 2 heteroatoms. The Bertz CT molecular complexity index is 326. The van der Waals surface area contributed by atoms with Gasteiger partial charge in [0.05, 0.1) is 0 Å². The lowest BCUT2D eigenvalue weighted by molar-refractivity contribution is -0.124. The van der Waals surface area contributed by atoms with E-state index in [0.717, 1.165) is 17.8 Å². The van der Waals surface area contributed by atoms with E-state index in [0.29, 0.717) is 11.8 Å². The van der Waals surface area contributed by atoms with Gasteiger partial charge in [-0.25, -0.2) is 0 Å². The van der Waals surface area contributed by atoms with Crippen molar-refractivity contribution in [3.63, 3.8) is 0 Å². The number of amides is 1. The fraction of sp³-hybridized carbons (Fsp3) is 0.929. The maximum Gasteiger partial charge on any atom is 0.223 e. The van der Waals surface area contributed by atoms with Gasteiger partial charge in [0.1, 0.15) is 0 Å². The van der Waals surface area contributed by atoms with Crippen molar-refractivity contribution in [2.45, 2.75) is 56.9 Å². The van der Waals surface area contributed by atoms with Crippen molar-refractivity contribution in [2.75, 3.05) is 0 Å². The molecule has 4 saturated carbocycles. The summed E-state index contributed by atoms with van der Waals surface area (Å²) >= 11 is 0. The van der Waals surface area contributed by atoms with Gasteiger partial charge in [0.25, 0.3) is 0 Å². The van der Waals surface area contributed by atoms with Crippen LogP contribution in [0, 0.1) is 23.7 Å². The predicted molar refractivity (Wildman–Crippen MR) is 61.8 cm³/mol. The van der Waals surface area contributed by atoms with Crippen LogP contribution in [0.5, 0.6) is 0 Å². The fourth-order valence-corrected chi connectivity index (χ4v) is 4.28. The van der Waals surface area contributed by atoms with Crippen LogP contribution in [0.1, 0.15) is 51.4 Å². The molecule has 0 heterocycles. The highest BCUT2D eigenvalue weighted by atomic mass is 16.2. The number of fused-ring (bicyclic) bond motifs is 2. The van der Waals surface area contributed by atoms with Gasteiger partial charge in [0.2, 0.25) is 5.91 Å². The van der Waals surface area contributed by atoms with E-state index in [1.807, 2.05) is 0 Å². The SMILES string of the molecule is O=C(NC12CCC(CC1)C2)[C@H]1C[C@@H]1C1CC1. The van der Waals surface area contributed by atoms with Crippen LogP contribution in [0.4, 0.5) is 0 Å². The van der Waals surface area contributed by atoms with E-state index in [2.05, 4.69) is 5.32 Å². The molecule has 1 N–H and O–H groups in total. The van der Waals surface area contributed by atoms with Crippen LogP contribution in [-0.4, -0.2) is 11.4 Å². The van der Waals surface area contributed by atoms with Crippen LogP contribution in [-0.2, 0) is 4.79 Å². The molecule has 4 aliphatic carbocycles. The first kappa shape index (κ1) is 9.49. The predicted octanol–water partition coefficient (Wildman–Crippen LogP) is 2.48. The highest BCUT2D eigenvalue weighted by Crippen LogP contribution is 2.55. The first-order chi connectivity index (χ1) is 7.76. The highest BCUT2D eigenvalue weighted by molar-refractivity contribution is 5.82. The van der Waals surface area contributed by atoms with Crippen molar-refractivity contribution in [1.29, 1.82) is 0 Å². The number of carbonyl (C=O) groups is 1. The summed E-state index contributed by atoms with van der Waals surface area (Å²) in [6, 6.07) is 0. The van der Waals surface area contributed by atoms with E-state index < -0.39 is 0 Å². The summed E-state index contributed by atoms with van der Waals surface area (Å²) in [6.45, 7) is 0. The molecule has 1 amide bonds. The van der Waals surface area contributed by atoms with Gasteiger partial charge in [0.15, 0.2) is 0 Å². The van der Waals surface area contributed by atoms with Gasteiger partial charge in [-0.2, -0.15) is 0 Å².